The summed E-state index contributed by atoms with van der Waals surface area (Å²) in [6, 6.07) is 0. The lowest BCUT2D eigenvalue weighted by atomic mass is 10.5. The first kappa shape index (κ1) is 6.01. The molecule has 0 rings (SSSR count). The van der Waals surface area contributed by atoms with Gasteiger partial charge in [0.15, 0.2) is 0 Å². The van der Waals surface area contributed by atoms with E-state index in [2.05, 4.69) is 12.2 Å². The zero-order valence-corrected chi connectivity index (χ0v) is 4.03. The van der Waals surface area contributed by atoms with Crippen molar-refractivity contribution in [3.8, 4) is 0 Å². The highest BCUT2D eigenvalue weighted by molar-refractivity contribution is 7.80. The van der Waals surface area contributed by atoms with Gasteiger partial charge >= 0.3 is 0 Å². The van der Waals surface area contributed by atoms with Crippen LogP contribution in [0.1, 0.15) is 0 Å². The Balaban J connectivity index is 2.99. The van der Waals surface area contributed by atoms with Crippen LogP contribution in [0.4, 0.5) is 0 Å². The standard InChI is InChI=1S/C3H6O2S/c4-1-3(6)2-5/h4-5H,1-2H2. The Bertz CT molecular complexity index is 46.8. The molecule has 0 amide bonds. The van der Waals surface area contributed by atoms with Crippen LogP contribution < -0.4 is 0 Å². The van der Waals surface area contributed by atoms with Crippen LogP contribution in [-0.4, -0.2) is 28.3 Å². The molecule has 0 spiro atoms. The van der Waals surface area contributed by atoms with Gasteiger partial charge in [0.2, 0.25) is 0 Å². The van der Waals surface area contributed by atoms with Gasteiger partial charge in [-0.1, -0.05) is 12.2 Å². The first-order chi connectivity index (χ1) is 2.81. The average molecular weight is 106 g/mol. The fourth-order valence-corrected chi connectivity index (χ4v) is 0.0500. The summed E-state index contributed by atoms with van der Waals surface area (Å²) in [5.74, 6) is 0. The van der Waals surface area contributed by atoms with E-state index in [4.69, 9.17) is 10.2 Å². The average Bonchev–Trinajstić information content (AvgIpc) is 1.65. The molecule has 36 valence electrons. The van der Waals surface area contributed by atoms with Crippen LogP contribution in [0.5, 0.6) is 0 Å². The summed E-state index contributed by atoms with van der Waals surface area (Å²) in [7, 11) is 0. The second-order valence-corrected chi connectivity index (χ2v) is 1.43. The fourth-order valence-electron chi connectivity index (χ4n) is 0.0500. The van der Waals surface area contributed by atoms with Crippen LogP contribution in [0.25, 0.3) is 0 Å². The second kappa shape index (κ2) is 3.21. The zero-order chi connectivity index (χ0) is 4.99. The third-order valence-electron chi connectivity index (χ3n) is 0.353. The summed E-state index contributed by atoms with van der Waals surface area (Å²) in [4.78, 5) is 0.287. The van der Waals surface area contributed by atoms with E-state index in [9.17, 15) is 0 Å². The van der Waals surface area contributed by atoms with Crippen molar-refractivity contribution >= 4 is 17.1 Å². The lowest BCUT2D eigenvalue weighted by Crippen LogP contribution is -2.04. The van der Waals surface area contributed by atoms with Crippen molar-refractivity contribution < 1.29 is 10.2 Å². The van der Waals surface area contributed by atoms with Crippen LogP contribution >= 0.6 is 12.2 Å². The maximum Gasteiger partial charge on any atom is 0.0767 e. The molecule has 0 unspecified atom stereocenters. The molecule has 0 bridgehead atoms. The Kier molecular flexibility index (Phi) is 3.21. The van der Waals surface area contributed by atoms with Gasteiger partial charge in [0.05, 0.1) is 13.2 Å². The quantitative estimate of drug-likeness (QED) is 0.459. The van der Waals surface area contributed by atoms with E-state index >= 15 is 0 Å². The van der Waals surface area contributed by atoms with Gasteiger partial charge in [-0.3, -0.25) is 0 Å². The lowest BCUT2D eigenvalue weighted by Gasteiger charge is -1.85. The molecule has 0 aliphatic rings. The molecule has 0 aromatic carbocycles. The largest absolute Gasteiger partial charge is 0.391 e. The fraction of sp³-hybridized carbons (Fsp3) is 0.667. The van der Waals surface area contributed by atoms with Gasteiger partial charge in [-0.05, 0) is 0 Å². The van der Waals surface area contributed by atoms with Crippen molar-refractivity contribution in [2.45, 2.75) is 0 Å². The molecule has 3 heteroatoms. The van der Waals surface area contributed by atoms with E-state index < -0.39 is 0 Å². The third-order valence-corrected chi connectivity index (χ3v) is 0.611. The second-order valence-electron chi connectivity index (χ2n) is 0.855. The van der Waals surface area contributed by atoms with Crippen LogP contribution in [0.2, 0.25) is 0 Å². The highest BCUT2D eigenvalue weighted by atomic mass is 32.1. The van der Waals surface area contributed by atoms with E-state index in [1.165, 1.54) is 0 Å². The Morgan fingerprint density at radius 2 is 1.67 bits per heavy atom. The molecule has 0 saturated heterocycles. The summed E-state index contributed by atoms with van der Waals surface area (Å²) < 4.78 is 0. The first-order valence-corrected chi connectivity index (χ1v) is 1.95. The molecule has 0 aliphatic carbocycles. The molecule has 0 fully saturated rings. The topological polar surface area (TPSA) is 40.5 Å². The molecule has 0 heterocycles. The number of aliphatic hydroxyl groups excluding tert-OH is 2. The molecule has 0 atom stereocenters. The third kappa shape index (κ3) is 2.26. The Hall–Kier alpha value is 0.01000. The molecule has 0 aliphatic heterocycles. The smallest absolute Gasteiger partial charge is 0.0767 e. The minimum absolute atomic E-state index is 0.189. The van der Waals surface area contributed by atoms with Crippen LogP contribution in [0, 0.1) is 0 Å². The van der Waals surface area contributed by atoms with Crippen molar-refractivity contribution in [3.05, 3.63) is 0 Å². The summed E-state index contributed by atoms with van der Waals surface area (Å²) >= 11 is 4.36. The van der Waals surface area contributed by atoms with Crippen LogP contribution in [0.15, 0.2) is 0 Å². The Morgan fingerprint density at radius 1 is 1.33 bits per heavy atom. The number of hydrogen-bond acceptors (Lipinski definition) is 3. The van der Waals surface area contributed by atoms with Gasteiger partial charge in [0, 0.05) is 4.86 Å². The molecule has 0 radical (unpaired) electrons. The number of aliphatic hydroxyl groups is 2. The van der Waals surface area contributed by atoms with Gasteiger partial charge in [0.25, 0.3) is 0 Å². The molecule has 0 saturated carbocycles. The molecular weight excluding hydrogens is 100 g/mol. The summed E-state index contributed by atoms with van der Waals surface area (Å²) in [5, 5.41) is 16.1. The number of rotatable bonds is 2. The van der Waals surface area contributed by atoms with Crippen molar-refractivity contribution in [3.63, 3.8) is 0 Å². The van der Waals surface area contributed by atoms with E-state index in [1.54, 1.807) is 0 Å². The Labute approximate surface area is 41.4 Å². The van der Waals surface area contributed by atoms with E-state index in [-0.39, 0.29) is 18.1 Å². The SMILES string of the molecule is OCC(=S)CO. The Morgan fingerprint density at radius 3 is 1.67 bits per heavy atom. The molecule has 2 N–H and O–H groups in total. The molecule has 0 aromatic rings. The van der Waals surface area contributed by atoms with Crippen LogP contribution in [0.3, 0.4) is 0 Å². The number of hydrogen-bond donors (Lipinski definition) is 2. The highest BCUT2D eigenvalue weighted by Gasteiger charge is 1.84. The normalized spacial score (nSPS) is 8.33. The van der Waals surface area contributed by atoms with Gasteiger partial charge in [-0.15, -0.1) is 0 Å². The predicted octanol–water partition coefficient (Wildman–Crippen LogP) is -0.659. The summed E-state index contributed by atoms with van der Waals surface area (Å²) in [6.45, 7) is -0.377. The minimum atomic E-state index is -0.189. The molecule has 0 aromatic heterocycles. The monoisotopic (exact) mass is 106 g/mol. The summed E-state index contributed by atoms with van der Waals surface area (Å²) in [6.07, 6.45) is 0. The first-order valence-electron chi connectivity index (χ1n) is 1.54. The van der Waals surface area contributed by atoms with Crippen molar-refractivity contribution in [1.29, 1.82) is 0 Å². The van der Waals surface area contributed by atoms with Crippen molar-refractivity contribution in [2.24, 2.45) is 0 Å². The van der Waals surface area contributed by atoms with Gasteiger partial charge in [0.1, 0.15) is 0 Å². The lowest BCUT2D eigenvalue weighted by molar-refractivity contribution is 0.323. The van der Waals surface area contributed by atoms with E-state index in [0.29, 0.717) is 0 Å². The summed E-state index contributed by atoms with van der Waals surface area (Å²) in [5.41, 5.74) is 0. The zero-order valence-electron chi connectivity index (χ0n) is 3.22. The predicted molar refractivity (Wildman–Crippen MR) is 26.8 cm³/mol. The highest BCUT2D eigenvalue weighted by Crippen LogP contribution is 1.68. The number of thiocarbonyl (C=S) groups is 1. The molecular formula is C3H6O2S. The maximum absolute atomic E-state index is 8.03. The molecule has 2 nitrogen and oxygen atoms in total. The minimum Gasteiger partial charge on any atom is -0.391 e. The van der Waals surface area contributed by atoms with Crippen LogP contribution in [-0.2, 0) is 0 Å². The van der Waals surface area contributed by atoms with Gasteiger partial charge in [-0.2, -0.15) is 0 Å². The maximum atomic E-state index is 8.03. The van der Waals surface area contributed by atoms with Crippen molar-refractivity contribution in [2.75, 3.05) is 13.2 Å². The van der Waals surface area contributed by atoms with E-state index in [0.717, 1.165) is 0 Å². The van der Waals surface area contributed by atoms with Gasteiger partial charge < -0.3 is 10.2 Å². The van der Waals surface area contributed by atoms with Gasteiger partial charge in [-0.25, -0.2) is 0 Å². The molecule has 6 heavy (non-hydrogen) atoms. The van der Waals surface area contributed by atoms with E-state index in [1.807, 2.05) is 0 Å². The van der Waals surface area contributed by atoms with Crippen molar-refractivity contribution in [1.82, 2.24) is 0 Å².